The van der Waals surface area contributed by atoms with Gasteiger partial charge in [0.25, 0.3) is 5.78 Å². The van der Waals surface area contributed by atoms with Crippen molar-refractivity contribution in [2.75, 3.05) is 13.2 Å². The molecule has 2 heterocycles. The van der Waals surface area contributed by atoms with Gasteiger partial charge in [-0.15, -0.1) is 10.2 Å². The molecule has 2 unspecified atom stereocenters. The number of benzene rings is 1. The van der Waals surface area contributed by atoms with Gasteiger partial charge in [-0.1, -0.05) is 34.1 Å². The first kappa shape index (κ1) is 31.4. The lowest BCUT2D eigenvalue weighted by Gasteiger charge is -2.48. The maximum absolute atomic E-state index is 14.0. The number of cyclic esters (lactones) is 1. The second-order valence-corrected chi connectivity index (χ2v) is 10.2. The lowest BCUT2D eigenvalue weighted by Crippen LogP contribution is -2.65. The van der Waals surface area contributed by atoms with Gasteiger partial charge in [0.1, 0.15) is 6.61 Å². The van der Waals surface area contributed by atoms with Crippen molar-refractivity contribution in [2.45, 2.75) is 65.2 Å². The molecule has 2 atom stereocenters. The molecule has 12 nitrogen and oxygen atoms in total. The molecular formula is C26H32F3N5O7. The minimum absolute atomic E-state index is 0.00575. The number of hydrogen-bond donors (Lipinski definition) is 2. The molecule has 224 valence electrons. The van der Waals surface area contributed by atoms with E-state index in [4.69, 9.17) is 19.6 Å². The summed E-state index contributed by atoms with van der Waals surface area (Å²) in [6.45, 7) is 6.86. The van der Waals surface area contributed by atoms with Crippen LogP contribution in [0.3, 0.4) is 0 Å². The number of halogens is 3. The smallest absolute Gasteiger partial charge is 0.428 e. The number of carbonyl (C=O) groups is 4. The number of rotatable bonds is 12. The Morgan fingerprint density at radius 3 is 2.32 bits per heavy atom. The third kappa shape index (κ3) is 6.60. The number of nitrogens with two attached hydrogens (primary N) is 1. The number of nitrogens with one attached hydrogen (secondary N) is 1. The number of alkyl halides is 3. The number of nitrogens with zero attached hydrogens (tertiary/aromatic N) is 3. The van der Waals surface area contributed by atoms with E-state index in [1.165, 1.54) is 12.1 Å². The quantitative estimate of drug-likeness (QED) is 0.351. The molecule has 2 aromatic rings. The first-order valence-corrected chi connectivity index (χ1v) is 12.9. The zero-order valence-corrected chi connectivity index (χ0v) is 23.0. The number of primary amides is 1. The van der Waals surface area contributed by atoms with Gasteiger partial charge in [-0.3, -0.25) is 15.0 Å². The van der Waals surface area contributed by atoms with Gasteiger partial charge in [-0.05, 0) is 37.1 Å². The van der Waals surface area contributed by atoms with Crippen molar-refractivity contribution in [1.29, 1.82) is 0 Å². The molecule has 15 heteroatoms. The van der Waals surface area contributed by atoms with Crippen LogP contribution in [-0.2, 0) is 31.7 Å². The Kier molecular flexibility index (Phi) is 9.29. The van der Waals surface area contributed by atoms with Crippen LogP contribution in [0.2, 0.25) is 0 Å². The molecule has 1 aliphatic heterocycles. The summed E-state index contributed by atoms with van der Waals surface area (Å²) in [6, 6.07) is 4.11. The number of carbonyl (C=O) groups excluding carboxylic acids is 4. The summed E-state index contributed by atoms with van der Waals surface area (Å²) in [5, 5.41) is 8.72. The summed E-state index contributed by atoms with van der Waals surface area (Å²) in [7, 11) is 0. The summed E-state index contributed by atoms with van der Waals surface area (Å²) in [4.78, 5) is 51.3. The van der Waals surface area contributed by atoms with Crippen LogP contribution in [0, 0.1) is 11.3 Å². The fraction of sp³-hybridized carbons (Fsp3) is 0.538. The fourth-order valence-corrected chi connectivity index (χ4v) is 5.16. The van der Waals surface area contributed by atoms with Crippen molar-refractivity contribution < 1.29 is 46.2 Å². The molecule has 0 aliphatic carbocycles. The predicted molar refractivity (Wildman–Crippen MR) is 136 cm³/mol. The molecule has 1 saturated heterocycles. The molecule has 0 bridgehead atoms. The molecule has 0 spiro atoms. The molecule has 41 heavy (non-hydrogen) atoms. The zero-order chi connectivity index (χ0) is 30.6. The van der Waals surface area contributed by atoms with Crippen LogP contribution in [-0.4, -0.2) is 57.8 Å². The monoisotopic (exact) mass is 583 g/mol. The molecule has 1 aliphatic rings. The van der Waals surface area contributed by atoms with Gasteiger partial charge in [0.2, 0.25) is 11.8 Å². The molecular weight excluding hydrogens is 551 g/mol. The van der Waals surface area contributed by atoms with Crippen molar-refractivity contribution in [3.63, 3.8) is 0 Å². The van der Waals surface area contributed by atoms with E-state index in [0.29, 0.717) is 12.8 Å². The van der Waals surface area contributed by atoms with E-state index >= 15 is 0 Å². The Balaban J connectivity index is 2.00. The van der Waals surface area contributed by atoms with E-state index in [1.54, 1.807) is 20.8 Å². The highest BCUT2D eigenvalue weighted by molar-refractivity contribution is 6.39. The number of hydrogen-bond acceptors (Lipinski definition) is 9. The molecule has 1 fully saturated rings. The number of amides is 3. The lowest BCUT2D eigenvalue weighted by atomic mass is 9.61. The summed E-state index contributed by atoms with van der Waals surface area (Å²) < 4.78 is 54.9. The van der Waals surface area contributed by atoms with Gasteiger partial charge in [-0.2, -0.15) is 13.2 Å². The summed E-state index contributed by atoms with van der Waals surface area (Å²) in [5.41, 5.74) is 3.73. The molecule has 3 amide bonds. The largest absolute Gasteiger partial charge is 0.446 e. The number of ketones is 1. The molecule has 3 rings (SSSR count). The van der Waals surface area contributed by atoms with Crippen LogP contribution in [0.1, 0.15) is 58.4 Å². The van der Waals surface area contributed by atoms with Gasteiger partial charge < -0.3 is 19.6 Å². The summed E-state index contributed by atoms with van der Waals surface area (Å²) in [5.74, 6) is -3.39. The Bertz CT molecular complexity index is 1280. The number of hydrazine groups is 1. The Labute approximate surface area is 233 Å². The lowest BCUT2D eigenvalue weighted by molar-refractivity contribution is -0.171. The maximum atomic E-state index is 14.0. The molecule has 0 saturated carbocycles. The van der Waals surface area contributed by atoms with Crippen LogP contribution in [0.25, 0.3) is 11.5 Å². The third-order valence-electron chi connectivity index (χ3n) is 7.10. The average molecular weight is 584 g/mol. The highest BCUT2D eigenvalue weighted by Gasteiger charge is 2.60. The first-order chi connectivity index (χ1) is 19.2. The predicted octanol–water partition coefficient (Wildman–Crippen LogP) is 4.04. The fourth-order valence-electron chi connectivity index (χ4n) is 5.16. The van der Waals surface area contributed by atoms with E-state index < -0.39 is 52.6 Å². The highest BCUT2D eigenvalue weighted by Crippen LogP contribution is 2.47. The van der Waals surface area contributed by atoms with E-state index in [1.807, 2.05) is 6.92 Å². The topological polar surface area (TPSA) is 167 Å². The first-order valence-electron chi connectivity index (χ1n) is 12.9. The standard InChI is InChI=1S/C26H32F3N5O7/c1-5-11-24(3,4)25(41-22(30)37,19(35)20(36)33-34-12-13-39-23(34)38)16(6-2)14-18-31-32-21(40-18)15-7-9-17(10-8-15)26(27,28)29/h7-10,16H,5-6,11-14H2,1-4H3,(H2,30,37)(H,33,36). The second kappa shape index (κ2) is 12.1. The zero-order valence-electron chi connectivity index (χ0n) is 23.0. The Hall–Kier alpha value is -4.17. The third-order valence-corrected chi connectivity index (χ3v) is 7.10. The maximum Gasteiger partial charge on any atom is 0.428 e. The van der Waals surface area contributed by atoms with Crippen molar-refractivity contribution in [2.24, 2.45) is 17.1 Å². The molecule has 1 aromatic heterocycles. The van der Waals surface area contributed by atoms with Gasteiger partial charge in [0.15, 0.2) is 5.60 Å². The second-order valence-electron chi connectivity index (χ2n) is 10.2. The van der Waals surface area contributed by atoms with Crippen LogP contribution in [0.15, 0.2) is 28.7 Å². The highest BCUT2D eigenvalue weighted by atomic mass is 19.4. The minimum Gasteiger partial charge on any atom is -0.446 e. The van der Waals surface area contributed by atoms with Crippen molar-refractivity contribution in [3.8, 4) is 11.5 Å². The van der Waals surface area contributed by atoms with E-state index in [0.717, 1.165) is 17.1 Å². The van der Waals surface area contributed by atoms with Crippen LogP contribution < -0.4 is 11.2 Å². The number of ether oxygens (including phenoxy) is 2. The van der Waals surface area contributed by atoms with Gasteiger partial charge in [0, 0.05) is 23.3 Å². The number of Topliss-reactive ketones (excluding diaryl/α,β-unsaturated/α-hetero) is 1. The molecule has 1 aromatic carbocycles. The van der Waals surface area contributed by atoms with Gasteiger partial charge in [-0.25, -0.2) is 14.6 Å². The van der Waals surface area contributed by atoms with E-state index in [-0.39, 0.29) is 43.3 Å². The summed E-state index contributed by atoms with van der Waals surface area (Å²) >= 11 is 0. The van der Waals surface area contributed by atoms with Crippen LogP contribution in [0.5, 0.6) is 0 Å². The minimum atomic E-state index is -4.52. The Morgan fingerprint density at radius 1 is 1.15 bits per heavy atom. The van der Waals surface area contributed by atoms with Crippen molar-refractivity contribution in [1.82, 2.24) is 20.6 Å². The van der Waals surface area contributed by atoms with Crippen molar-refractivity contribution in [3.05, 3.63) is 35.7 Å². The van der Waals surface area contributed by atoms with Crippen LogP contribution >= 0.6 is 0 Å². The SMILES string of the molecule is CCCC(C)(C)C(OC(N)=O)(C(=O)C(=O)NN1CCOC1=O)C(CC)Cc1nnc(-c2ccc(C(F)(F)F)cc2)o1. The Morgan fingerprint density at radius 2 is 1.80 bits per heavy atom. The molecule has 3 N–H and O–H groups in total. The number of aromatic nitrogens is 2. The normalized spacial score (nSPS) is 16.1. The summed E-state index contributed by atoms with van der Waals surface area (Å²) in [6.07, 6.45) is -5.80. The van der Waals surface area contributed by atoms with E-state index in [2.05, 4.69) is 15.6 Å². The van der Waals surface area contributed by atoms with Crippen LogP contribution in [0.4, 0.5) is 22.8 Å². The van der Waals surface area contributed by atoms with Crippen molar-refractivity contribution >= 4 is 23.9 Å². The van der Waals surface area contributed by atoms with E-state index in [9.17, 15) is 32.3 Å². The molecule has 0 radical (unpaired) electrons. The average Bonchev–Trinajstić information content (AvgIpc) is 3.53. The van der Waals surface area contributed by atoms with Gasteiger partial charge >= 0.3 is 24.3 Å². The van der Waals surface area contributed by atoms with Gasteiger partial charge in [0.05, 0.1) is 12.1 Å².